The fourth-order valence-electron chi connectivity index (χ4n) is 2.02. The van der Waals surface area contributed by atoms with Gasteiger partial charge in [-0.05, 0) is 44.1 Å². The Kier molecular flexibility index (Phi) is 3.97. The molecule has 1 fully saturated rings. The van der Waals surface area contributed by atoms with Gasteiger partial charge in [0, 0.05) is 6.92 Å². The van der Waals surface area contributed by atoms with Gasteiger partial charge >= 0.3 is 5.97 Å². The van der Waals surface area contributed by atoms with E-state index in [0.29, 0.717) is 5.92 Å². The van der Waals surface area contributed by atoms with Crippen LogP contribution in [0, 0.1) is 5.92 Å². The van der Waals surface area contributed by atoms with Gasteiger partial charge in [-0.3, -0.25) is 4.79 Å². The number of carbonyl (C=O) groups excluding carboxylic acids is 1. The van der Waals surface area contributed by atoms with Crippen LogP contribution in [0.2, 0.25) is 0 Å². The maximum atomic E-state index is 10.8. The largest absolute Gasteiger partial charge is 0.463 e. The zero-order valence-corrected chi connectivity index (χ0v) is 9.01. The Bertz CT molecular complexity index is 261. The van der Waals surface area contributed by atoms with E-state index in [1.54, 1.807) is 0 Å². The first kappa shape index (κ1) is 11.1. The zero-order chi connectivity index (χ0) is 10.6. The highest BCUT2D eigenvalue weighted by Crippen LogP contribution is 2.30. The maximum Gasteiger partial charge on any atom is 0.302 e. The van der Waals surface area contributed by atoms with E-state index < -0.39 is 0 Å². The van der Waals surface area contributed by atoms with Crippen molar-refractivity contribution < 1.29 is 9.53 Å². The predicted molar refractivity (Wildman–Crippen MR) is 55.8 cm³/mol. The van der Waals surface area contributed by atoms with Crippen molar-refractivity contribution in [1.82, 2.24) is 0 Å². The van der Waals surface area contributed by atoms with Gasteiger partial charge < -0.3 is 4.74 Å². The Morgan fingerprint density at radius 2 is 2.14 bits per heavy atom. The van der Waals surface area contributed by atoms with Gasteiger partial charge in [0.1, 0.15) is 6.10 Å². The summed E-state index contributed by atoms with van der Waals surface area (Å²) in [4.78, 5) is 10.8. The molecule has 0 N–H and O–H groups in total. The molecule has 0 spiro atoms. The van der Waals surface area contributed by atoms with Gasteiger partial charge in [0.25, 0.3) is 0 Å². The molecular formula is C12H18O2. The lowest BCUT2D eigenvalue weighted by Crippen LogP contribution is -2.25. The van der Waals surface area contributed by atoms with Crippen LogP contribution in [0.25, 0.3) is 0 Å². The van der Waals surface area contributed by atoms with Crippen LogP contribution >= 0.6 is 0 Å². The van der Waals surface area contributed by atoms with Gasteiger partial charge in [-0.15, -0.1) is 5.73 Å². The summed E-state index contributed by atoms with van der Waals surface area (Å²) in [5, 5.41) is 0. The molecule has 14 heavy (non-hydrogen) atoms. The van der Waals surface area contributed by atoms with Gasteiger partial charge in [0.2, 0.25) is 0 Å². The molecule has 2 heteroatoms. The standard InChI is InChI=1S/C12H18O2/c1-4-9(2)11-6-5-7-12(8-11)14-10(3)13/h11-12H,1,5-8H2,2-3H3. The van der Waals surface area contributed by atoms with Crippen LogP contribution < -0.4 is 0 Å². The van der Waals surface area contributed by atoms with E-state index >= 15 is 0 Å². The van der Waals surface area contributed by atoms with E-state index in [2.05, 4.69) is 12.3 Å². The summed E-state index contributed by atoms with van der Waals surface area (Å²) in [6.07, 6.45) is 4.34. The molecule has 2 nitrogen and oxygen atoms in total. The molecule has 2 unspecified atom stereocenters. The topological polar surface area (TPSA) is 26.3 Å². The number of allylic oxidation sites excluding steroid dienone is 1. The number of carbonyl (C=O) groups is 1. The minimum atomic E-state index is -0.170. The van der Waals surface area contributed by atoms with Gasteiger partial charge in [-0.2, -0.15) is 0 Å². The Hall–Kier alpha value is -1.01. The van der Waals surface area contributed by atoms with E-state index in [0.717, 1.165) is 19.3 Å². The fourth-order valence-corrected chi connectivity index (χ4v) is 2.02. The lowest BCUT2D eigenvalue weighted by Gasteiger charge is -2.28. The smallest absolute Gasteiger partial charge is 0.302 e. The van der Waals surface area contributed by atoms with Crippen molar-refractivity contribution in [3.8, 4) is 0 Å². The average molecular weight is 194 g/mol. The summed E-state index contributed by atoms with van der Waals surface area (Å²) in [6, 6.07) is 0. The summed E-state index contributed by atoms with van der Waals surface area (Å²) < 4.78 is 5.22. The Labute approximate surface area is 85.6 Å². The van der Waals surface area contributed by atoms with Crippen molar-refractivity contribution in [2.24, 2.45) is 5.92 Å². The fraction of sp³-hybridized carbons (Fsp3) is 0.667. The first-order valence-corrected chi connectivity index (χ1v) is 5.17. The minimum absolute atomic E-state index is 0.106. The van der Waals surface area contributed by atoms with E-state index in [1.807, 2.05) is 6.92 Å². The van der Waals surface area contributed by atoms with E-state index in [1.165, 1.54) is 18.9 Å². The molecule has 0 aromatic heterocycles. The highest BCUT2D eigenvalue weighted by atomic mass is 16.5. The van der Waals surface area contributed by atoms with Crippen molar-refractivity contribution in [1.29, 1.82) is 0 Å². The second kappa shape index (κ2) is 5.02. The number of esters is 1. The van der Waals surface area contributed by atoms with Crippen molar-refractivity contribution in [2.75, 3.05) is 0 Å². The second-order valence-corrected chi connectivity index (χ2v) is 3.95. The summed E-state index contributed by atoms with van der Waals surface area (Å²) >= 11 is 0. The van der Waals surface area contributed by atoms with Crippen molar-refractivity contribution in [3.05, 3.63) is 17.9 Å². The Morgan fingerprint density at radius 1 is 1.43 bits per heavy atom. The first-order chi connectivity index (χ1) is 6.63. The van der Waals surface area contributed by atoms with E-state index in [9.17, 15) is 4.79 Å². The molecule has 0 heterocycles. The Balaban J connectivity index is 2.51. The molecule has 1 rings (SSSR count). The molecule has 1 aliphatic carbocycles. The van der Waals surface area contributed by atoms with Crippen molar-refractivity contribution in [3.63, 3.8) is 0 Å². The van der Waals surface area contributed by atoms with Crippen LogP contribution in [0.5, 0.6) is 0 Å². The summed E-state index contributed by atoms with van der Waals surface area (Å²) in [5.41, 5.74) is 4.13. The number of hydrogen-bond acceptors (Lipinski definition) is 2. The van der Waals surface area contributed by atoms with Crippen LogP contribution in [0.3, 0.4) is 0 Å². The lowest BCUT2D eigenvalue weighted by molar-refractivity contribution is -0.148. The molecular weight excluding hydrogens is 176 g/mol. The lowest BCUT2D eigenvalue weighted by atomic mass is 9.83. The molecule has 0 aromatic rings. The minimum Gasteiger partial charge on any atom is -0.463 e. The molecule has 1 aliphatic rings. The molecule has 0 radical (unpaired) electrons. The quantitative estimate of drug-likeness (QED) is 0.499. The average Bonchev–Trinajstić information content (AvgIpc) is 2.16. The first-order valence-electron chi connectivity index (χ1n) is 5.17. The highest BCUT2D eigenvalue weighted by Gasteiger charge is 2.24. The van der Waals surface area contributed by atoms with Crippen molar-refractivity contribution in [2.45, 2.75) is 45.6 Å². The van der Waals surface area contributed by atoms with Gasteiger partial charge in [-0.1, -0.05) is 6.58 Å². The van der Waals surface area contributed by atoms with E-state index in [4.69, 9.17) is 4.74 Å². The number of rotatable bonds is 2. The summed E-state index contributed by atoms with van der Waals surface area (Å²) in [6.45, 7) is 7.17. The third kappa shape index (κ3) is 3.04. The van der Waals surface area contributed by atoms with Crippen LogP contribution in [0.15, 0.2) is 17.9 Å². The molecule has 0 aliphatic heterocycles. The van der Waals surface area contributed by atoms with Crippen LogP contribution in [-0.2, 0) is 9.53 Å². The molecule has 2 atom stereocenters. The third-order valence-corrected chi connectivity index (χ3v) is 2.85. The summed E-state index contributed by atoms with van der Waals surface area (Å²) in [7, 11) is 0. The number of hydrogen-bond donors (Lipinski definition) is 0. The normalized spacial score (nSPS) is 26.4. The molecule has 0 saturated heterocycles. The van der Waals surface area contributed by atoms with Gasteiger partial charge in [0.15, 0.2) is 0 Å². The zero-order valence-electron chi connectivity index (χ0n) is 9.01. The highest BCUT2D eigenvalue weighted by molar-refractivity contribution is 5.66. The molecule has 0 amide bonds. The van der Waals surface area contributed by atoms with Gasteiger partial charge in [-0.25, -0.2) is 0 Å². The molecule has 0 aromatic carbocycles. The van der Waals surface area contributed by atoms with Crippen LogP contribution in [0.1, 0.15) is 39.5 Å². The Morgan fingerprint density at radius 3 is 2.71 bits per heavy atom. The second-order valence-electron chi connectivity index (χ2n) is 3.95. The van der Waals surface area contributed by atoms with Crippen molar-refractivity contribution >= 4 is 5.97 Å². The SMILES string of the molecule is C=C=C(C)C1CCCC(OC(C)=O)C1. The predicted octanol–water partition coefficient (Wildman–Crippen LogP) is 2.84. The number of ether oxygens (including phenoxy) is 1. The van der Waals surface area contributed by atoms with E-state index in [-0.39, 0.29) is 12.1 Å². The molecule has 78 valence electrons. The third-order valence-electron chi connectivity index (χ3n) is 2.85. The van der Waals surface area contributed by atoms with Crippen LogP contribution in [0.4, 0.5) is 0 Å². The summed E-state index contributed by atoms with van der Waals surface area (Å²) in [5.74, 6) is 0.335. The maximum absolute atomic E-state index is 10.8. The monoisotopic (exact) mass is 194 g/mol. The molecule has 0 bridgehead atoms. The molecule has 1 saturated carbocycles. The van der Waals surface area contributed by atoms with Gasteiger partial charge in [0.05, 0.1) is 0 Å². The van der Waals surface area contributed by atoms with Crippen LogP contribution in [-0.4, -0.2) is 12.1 Å².